The van der Waals surface area contributed by atoms with Gasteiger partial charge in [0.15, 0.2) is 17.5 Å². The van der Waals surface area contributed by atoms with Crippen LogP contribution in [0.25, 0.3) is 0 Å². The van der Waals surface area contributed by atoms with Gasteiger partial charge in [-0.3, -0.25) is 9.79 Å². The summed E-state index contributed by atoms with van der Waals surface area (Å²) in [7, 11) is 3.08. The molecular weight excluding hydrogens is 414 g/mol. The molecule has 1 aromatic rings. The van der Waals surface area contributed by atoms with E-state index in [1.54, 1.807) is 13.1 Å². The highest BCUT2D eigenvalue weighted by Crippen LogP contribution is 2.31. The molecular formula is C23H39N3O6. The molecule has 6 N–H and O–H groups in total. The molecule has 0 radical (unpaired) electrons. The van der Waals surface area contributed by atoms with Crippen molar-refractivity contribution in [2.75, 3.05) is 20.7 Å². The number of hydrogen-bond donors (Lipinski definition) is 5. The molecule has 1 aromatic carbocycles. The van der Waals surface area contributed by atoms with E-state index in [4.69, 9.17) is 15.2 Å². The van der Waals surface area contributed by atoms with Gasteiger partial charge in [0.25, 0.3) is 0 Å². The number of rotatable bonds is 14. The van der Waals surface area contributed by atoms with Crippen LogP contribution in [0.5, 0.6) is 11.5 Å². The fraction of sp³-hybridized carbons (Fsp3) is 0.652. The van der Waals surface area contributed by atoms with E-state index in [0.29, 0.717) is 55.4 Å². The minimum Gasteiger partial charge on any atom is -0.504 e. The molecule has 0 aliphatic rings. The molecule has 0 heterocycles. The van der Waals surface area contributed by atoms with Gasteiger partial charge in [0.1, 0.15) is 6.10 Å². The summed E-state index contributed by atoms with van der Waals surface area (Å²) in [6.45, 7) is 3.89. The minimum atomic E-state index is -0.614. The zero-order valence-electron chi connectivity index (χ0n) is 19.6. The van der Waals surface area contributed by atoms with Gasteiger partial charge in [0.2, 0.25) is 0 Å². The van der Waals surface area contributed by atoms with Gasteiger partial charge < -0.3 is 35.8 Å². The van der Waals surface area contributed by atoms with Crippen LogP contribution < -0.4 is 15.8 Å². The van der Waals surface area contributed by atoms with Crippen LogP contribution in [-0.4, -0.2) is 60.2 Å². The summed E-state index contributed by atoms with van der Waals surface area (Å²) >= 11 is 0. The van der Waals surface area contributed by atoms with Crippen LogP contribution >= 0.6 is 0 Å². The number of ether oxygens (including phenoxy) is 2. The molecule has 0 amide bonds. The van der Waals surface area contributed by atoms with Gasteiger partial charge in [-0.15, -0.1) is 0 Å². The molecule has 0 aromatic heterocycles. The smallest absolute Gasteiger partial charge is 0.302 e. The van der Waals surface area contributed by atoms with Crippen LogP contribution in [0.1, 0.15) is 57.1 Å². The predicted octanol–water partition coefficient (Wildman–Crippen LogP) is 1.85. The fourth-order valence-electron chi connectivity index (χ4n) is 3.60. The van der Waals surface area contributed by atoms with Gasteiger partial charge in [0.05, 0.1) is 19.8 Å². The third-order valence-corrected chi connectivity index (χ3v) is 5.57. The van der Waals surface area contributed by atoms with E-state index in [0.717, 1.165) is 18.4 Å². The summed E-state index contributed by atoms with van der Waals surface area (Å²) in [5, 5.41) is 33.1. The Labute approximate surface area is 190 Å². The fourth-order valence-corrected chi connectivity index (χ4v) is 3.60. The van der Waals surface area contributed by atoms with Gasteiger partial charge in [0, 0.05) is 26.9 Å². The normalized spacial score (nSPS) is 14.5. The number of aromatic hydroxyl groups is 1. The van der Waals surface area contributed by atoms with E-state index < -0.39 is 18.2 Å². The van der Waals surface area contributed by atoms with Crippen LogP contribution in [-0.2, 0) is 22.6 Å². The number of phenols is 1. The zero-order valence-corrected chi connectivity index (χ0v) is 19.6. The van der Waals surface area contributed by atoms with Crippen molar-refractivity contribution in [1.29, 1.82) is 0 Å². The number of carbonyl (C=O) groups excluding carboxylic acids is 1. The van der Waals surface area contributed by atoms with Crippen molar-refractivity contribution >= 4 is 11.9 Å². The summed E-state index contributed by atoms with van der Waals surface area (Å²) in [4.78, 5) is 15.5. The molecule has 182 valence electrons. The first kappa shape index (κ1) is 27.5. The Morgan fingerprint density at radius 1 is 1.25 bits per heavy atom. The average molecular weight is 454 g/mol. The number of aliphatic imine (C=N–C) groups is 1. The Hall–Kier alpha value is -2.52. The summed E-state index contributed by atoms with van der Waals surface area (Å²) < 4.78 is 10.6. The lowest BCUT2D eigenvalue weighted by Crippen LogP contribution is -2.35. The second kappa shape index (κ2) is 14.5. The number of phenolic OH excluding ortho intramolecular Hbond substituents is 1. The summed E-state index contributed by atoms with van der Waals surface area (Å²) in [6.07, 6.45) is 2.54. The topological polar surface area (TPSA) is 147 Å². The maximum atomic E-state index is 11.6. The van der Waals surface area contributed by atoms with Gasteiger partial charge in [-0.25, -0.2) is 0 Å². The first-order valence-electron chi connectivity index (χ1n) is 11.0. The maximum absolute atomic E-state index is 11.6. The molecule has 0 saturated heterocycles. The lowest BCUT2D eigenvalue weighted by Gasteiger charge is -2.23. The summed E-state index contributed by atoms with van der Waals surface area (Å²) in [5.74, 6) is 0.604. The Kier molecular flexibility index (Phi) is 12.5. The quantitative estimate of drug-likeness (QED) is 0.163. The second-order valence-corrected chi connectivity index (χ2v) is 7.95. The van der Waals surface area contributed by atoms with Crippen molar-refractivity contribution in [2.24, 2.45) is 16.6 Å². The Balaban J connectivity index is 2.70. The Bertz CT molecular complexity index is 741. The maximum Gasteiger partial charge on any atom is 0.302 e. The second-order valence-electron chi connectivity index (χ2n) is 7.95. The van der Waals surface area contributed by atoms with Crippen molar-refractivity contribution < 1.29 is 29.6 Å². The summed E-state index contributed by atoms with van der Waals surface area (Å²) in [5.41, 5.74) is 7.05. The third kappa shape index (κ3) is 9.74. The number of hydrogen-bond acceptors (Lipinski definition) is 7. The van der Waals surface area contributed by atoms with E-state index in [1.807, 2.05) is 0 Å². The molecule has 0 aliphatic heterocycles. The minimum absolute atomic E-state index is 0.0424. The highest BCUT2D eigenvalue weighted by Gasteiger charge is 2.20. The van der Waals surface area contributed by atoms with E-state index in [2.05, 4.69) is 17.2 Å². The number of benzene rings is 1. The first-order chi connectivity index (χ1) is 15.2. The number of aryl methyl sites for hydroxylation is 1. The monoisotopic (exact) mass is 453 g/mol. The van der Waals surface area contributed by atoms with Gasteiger partial charge in [-0.1, -0.05) is 13.3 Å². The molecule has 32 heavy (non-hydrogen) atoms. The molecule has 0 aliphatic carbocycles. The van der Waals surface area contributed by atoms with Gasteiger partial charge >= 0.3 is 5.97 Å². The molecule has 1 rings (SSSR count). The zero-order chi connectivity index (χ0) is 24.1. The van der Waals surface area contributed by atoms with E-state index in [9.17, 15) is 20.1 Å². The van der Waals surface area contributed by atoms with Crippen molar-refractivity contribution in [3.8, 4) is 11.5 Å². The van der Waals surface area contributed by atoms with Crippen LogP contribution in [0.4, 0.5) is 0 Å². The lowest BCUT2D eigenvalue weighted by molar-refractivity contribution is -0.148. The molecule has 9 nitrogen and oxygen atoms in total. The molecule has 3 atom stereocenters. The molecule has 0 fully saturated rings. The highest BCUT2D eigenvalue weighted by molar-refractivity contribution is 5.77. The van der Waals surface area contributed by atoms with Gasteiger partial charge in [-0.05, 0) is 54.9 Å². The van der Waals surface area contributed by atoms with Crippen molar-refractivity contribution in [3.05, 3.63) is 23.3 Å². The van der Waals surface area contributed by atoms with E-state index in [1.165, 1.54) is 20.1 Å². The molecule has 0 bridgehead atoms. The third-order valence-electron chi connectivity index (χ3n) is 5.57. The largest absolute Gasteiger partial charge is 0.504 e. The van der Waals surface area contributed by atoms with E-state index >= 15 is 0 Å². The lowest BCUT2D eigenvalue weighted by atomic mass is 9.94. The van der Waals surface area contributed by atoms with Crippen LogP contribution in [0.15, 0.2) is 17.1 Å². The number of nitrogens with two attached hydrogens (primary N) is 1. The molecule has 9 heteroatoms. The SMILES string of the molecule is CCC(CCC(O)CC(CCc1cc(OC)c(O)cc1CO)OC(C)=O)CNC(N)=NC. The van der Waals surface area contributed by atoms with Gasteiger partial charge in [-0.2, -0.15) is 0 Å². The van der Waals surface area contributed by atoms with Crippen molar-refractivity contribution in [1.82, 2.24) is 5.32 Å². The molecule has 3 unspecified atom stereocenters. The number of aliphatic hydroxyl groups is 2. The number of esters is 1. The Morgan fingerprint density at radius 2 is 1.97 bits per heavy atom. The molecule has 0 spiro atoms. The predicted molar refractivity (Wildman–Crippen MR) is 124 cm³/mol. The number of guanidine groups is 1. The number of nitrogens with one attached hydrogen (secondary N) is 1. The standard InChI is InChI=1S/C23H39N3O6/c1-5-16(13-26-23(24)25-3)6-8-19(29)12-20(32-15(2)28)9-7-17-11-22(31-4)21(30)10-18(17)14-27/h10-11,16,19-20,27,29-30H,5-9,12-14H2,1-4H3,(H3,24,25,26). The van der Waals surface area contributed by atoms with Crippen molar-refractivity contribution in [2.45, 2.75) is 71.2 Å². The summed E-state index contributed by atoms with van der Waals surface area (Å²) in [6, 6.07) is 3.14. The average Bonchev–Trinajstić information content (AvgIpc) is 2.77. The molecule has 0 saturated carbocycles. The number of nitrogens with zero attached hydrogens (tertiary/aromatic N) is 1. The number of methoxy groups -OCH3 is 1. The number of carbonyl (C=O) groups is 1. The van der Waals surface area contributed by atoms with Crippen LogP contribution in [0.3, 0.4) is 0 Å². The van der Waals surface area contributed by atoms with Crippen LogP contribution in [0.2, 0.25) is 0 Å². The van der Waals surface area contributed by atoms with Crippen molar-refractivity contribution in [3.63, 3.8) is 0 Å². The Morgan fingerprint density at radius 3 is 2.53 bits per heavy atom. The van der Waals surface area contributed by atoms with Crippen LogP contribution in [0, 0.1) is 5.92 Å². The highest BCUT2D eigenvalue weighted by atomic mass is 16.5. The van der Waals surface area contributed by atoms with E-state index in [-0.39, 0.29) is 12.4 Å². The number of aliphatic hydroxyl groups excluding tert-OH is 2. The first-order valence-corrected chi connectivity index (χ1v) is 11.0.